The van der Waals surface area contributed by atoms with Gasteiger partial charge in [-0.25, -0.2) is 4.79 Å². The molecule has 7 nitrogen and oxygen atoms in total. The molecule has 28 heavy (non-hydrogen) atoms. The fourth-order valence-electron chi connectivity index (χ4n) is 4.27. The van der Waals surface area contributed by atoms with E-state index < -0.39 is 13.1 Å². The molecule has 2 aliphatic heterocycles. The van der Waals surface area contributed by atoms with Crippen LogP contribution in [-0.4, -0.2) is 60.1 Å². The van der Waals surface area contributed by atoms with Gasteiger partial charge in [-0.05, 0) is 56.3 Å². The van der Waals surface area contributed by atoms with Gasteiger partial charge in [-0.2, -0.15) is 0 Å². The Labute approximate surface area is 166 Å². The first kappa shape index (κ1) is 20.8. The van der Waals surface area contributed by atoms with Crippen molar-refractivity contribution < 1.29 is 24.4 Å². The molecule has 0 aliphatic carbocycles. The molecule has 2 heterocycles. The monoisotopic (exact) mass is 388 g/mol. The molecule has 1 aromatic rings. The number of carbonyl (C=O) groups excluding carboxylic acids is 1. The molecule has 0 amide bonds. The summed E-state index contributed by atoms with van der Waals surface area (Å²) in [5.74, 6) is -0.499. The minimum absolute atomic E-state index is 0.0438. The molecule has 0 bridgehead atoms. The summed E-state index contributed by atoms with van der Waals surface area (Å²) in [4.78, 5) is 26.1. The Bertz CT molecular complexity index is 706. The van der Waals surface area contributed by atoms with E-state index >= 15 is 0 Å². The summed E-state index contributed by atoms with van der Waals surface area (Å²) < 4.78 is 5.47. The number of nitrogens with two attached hydrogens (primary N) is 1. The molecule has 0 saturated carbocycles. The van der Waals surface area contributed by atoms with Crippen LogP contribution in [0.2, 0.25) is 5.82 Å². The first-order valence-corrected chi connectivity index (χ1v) is 10.1. The van der Waals surface area contributed by atoms with Crippen LogP contribution in [0, 0.1) is 5.92 Å². The van der Waals surface area contributed by atoms with E-state index in [0.29, 0.717) is 25.3 Å². The third-order valence-corrected chi connectivity index (χ3v) is 5.92. The molecule has 4 N–H and O–H groups in total. The predicted molar refractivity (Wildman–Crippen MR) is 107 cm³/mol. The first-order chi connectivity index (χ1) is 13.5. The van der Waals surface area contributed by atoms with Crippen LogP contribution in [-0.2, 0) is 11.2 Å². The summed E-state index contributed by atoms with van der Waals surface area (Å²) in [5, 5.41) is 19.5. The number of likely N-dealkylation sites (tertiary alicyclic amines) is 1. The van der Waals surface area contributed by atoms with Crippen molar-refractivity contribution in [3.05, 3.63) is 29.3 Å². The van der Waals surface area contributed by atoms with E-state index in [2.05, 4.69) is 4.90 Å². The second-order valence-corrected chi connectivity index (χ2v) is 7.93. The van der Waals surface area contributed by atoms with E-state index in [9.17, 15) is 19.7 Å². The number of carboxylic acid groups (broad SMARTS) is 1. The highest BCUT2D eigenvalue weighted by molar-refractivity contribution is 6.47. The molecular weight excluding hydrogens is 359 g/mol. The summed E-state index contributed by atoms with van der Waals surface area (Å²) >= 11 is 0. The number of ketones is 1. The third-order valence-electron chi connectivity index (χ3n) is 5.92. The Kier molecular flexibility index (Phi) is 7.10. The highest BCUT2D eigenvalue weighted by Gasteiger charge is 2.37. The number of hydrogen-bond acceptors (Lipinski definition) is 6. The minimum atomic E-state index is -1.16. The van der Waals surface area contributed by atoms with E-state index in [1.807, 2.05) is 0 Å². The standard InChI is InChI=1S/C20H29BN2O5/c22-8-11-23-9-6-14(7-10-23)4-5-17(24)13-16-12-15-2-1-3-18(20(25)26)19(15)28-21(16)27/h1-3,14,16,27H,4-13,22H2,(H,25,26)/t16-/m1/s1. The second-order valence-electron chi connectivity index (χ2n) is 7.93. The number of carbonyl (C=O) groups is 2. The van der Waals surface area contributed by atoms with Crippen molar-refractivity contribution in [3.8, 4) is 5.75 Å². The largest absolute Gasteiger partial charge is 0.535 e. The highest BCUT2D eigenvalue weighted by atomic mass is 16.5. The maximum Gasteiger partial charge on any atom is 0.526 e. The Morgan fingerprint density at radius 1 is 1.29 bits per heavy atom. The molecule has 1 atom stereocenters. The van der Waals surface area contributed by atoms with Crippen molar-refractivity contribution >= 4 is 18.9 Å². The van der Waals surface area contributed by atoms with Crippen molar-refractivity contribution in [1.29, 1.82) is 0 Å². The number of aromatic carboxylic acids is 1. The lowest BCUT2D eigenvalue weighted by Crippen LogP contribution is -2.37. The van der Waals surface area contributed by atoms with Gasteiger partial charge in [-0.15, -0.1) is 0 Å². The van der Waals surface area contributed by atoms with Crippen LogP contribution in [0.25, 0.3) is 0 Å². The number of nitrogens with zero attached hydrogens (tertiary/aromatic N) is 1. The zero-order valence-corrected chi connectivity index (χ0v) is 16.2. The number of rotatable bonds is 8. The number of fused-ring (bicyclic) bond motifs is 1. The van der Waals surface area contributed by atoms with Gasteiger partial charge in [0.1, 0.15) is 11.5 Å². The molecule has 2 aliphatic rings. The summed E-state index contributed by atoms with van der Waals surface area (Å²) in [6, 6.07) is 4.91. The van der Waals surface area contributed by atoms with Gasteiger partial charge in [0.25, 0.3) is 0 Å². The summed E-state index contributed by atoms with van der Waals surface area (Å²) in [7, 11) is -1.16. The number of piperidine rings is 1. The fourth-order valence-corrected chi connectivity index (χ4v) is 4.27. The molecule has 0 unspecified atom stereocenters. The van der Waals surface area contributed by atoms with Crippen molar-refractivity contribution in [1.82, 2.24) is 4.90 Å². The summed E-state index contributed by atoms with van der Waals surface area (Å²) in [6.45, 7) is 3.73. The van der Waals surface area contributed by atoms with Gasteiger partial charge in [-0.3, -0.25) is 4.79 Å². The average Bonchev–Trinajstić information content (AvgIpc) is 2.68. The average molecular weight is 388 g/mol. The molecule has 1 saturated heterocycles. The topological polar surface area (TPSA) is 113 Å². The van der Waals surface area contributed by atoms with Gasteiger partial charge >= 0.3 is 13.1 Å². The van der Waals surface area contributed by atoms with E-state index in [4.69, 9.17) is 10.4 Å². The molecule has 152 valence electrons. The van der Waals surface area contributed by atoms with Gasteiger partial charge < -0.3 is 25.4 Å². The lowest BCUT2D eigenvalue weighted by molar-refractivity contribution is -0.119. The van der Waals surface area contributed by atoms with Crippen LogP contribution >= 0.6 is 0 Å². The normalized spacial score (nSPS) is 20.5. The molecule has 8 heteroatoms. The van der Waals surface area contributed by atoms with Gasteiger partial charge in [0, 0.05) is 31.7 Å². The molecule has 0 aromatic heterocycles. The van der Waals surface area contributed by atoms with Crippen LogP contribution in [0.15, 0.2) is 18.2 Å². The lowest BCUT2D eigenvalue weighted by atomic mass is 9.64. The molecule has 0 radical (unpaired) electrons. The summed E-state index contributed by atoms with van der Waals surface area (Å²) in [5.41, 5.74) is 6.37. The molecule has 1 aromatic carbocycles. The summed E-state index contributed by atoms with van der Waals surface area (Å²) in [6.07, 6.45) is 4.32. The van der Waals surface area contributed by atoms with Gasteiger partial charge in [0.05, 0.1) is 5.56 Å². The molecule has 3 rings (SSSR count). The smallest absolute Gasteiger partial charge is 0.526 e. The fraction of sp³-hybridized carbons (Fsp3) is 0.600. The minimum Gasteiger partial charge on any atom is -0.535 e. The quantitative estimate of drug-likeness (QED) is 0.580. The van der Waals surface area contributed by atoms with Crippen LogP contribution in [0.5, 0.6) is 5.75 Å². The van der Waals surface area contributed by atoms with E-state index in [0.717, 1.165) is 44.5 Å². The first-order valence-electron chi connectivity index (χ1n) is 10.1. The van der Waals surface area contributed by atoms with Gasteiger partial charge in [-0.1, -0.05) is 12.1 Å². The predicted octanol–water partition coefficient (Wildman–Crippen LogP) is 1.58. The van der Waals surface area contributed by atoms with Gasteiger partial charge in [0.2, 0.25) is 0 Å². The van der Waals surface area contributed by atoms with Crippen LogP contribution < -0.4 is 10.4 Å². The van der Waals surface area contributed by atoms with Crippen molar-refractivity contribution in [3.63, 3.8) is 0 Å². The zero-order valence-electron chi connectivity index (χ0n) is 16.2. The zero-order chi connectivity index (χ0) is 20.1. The van der Waals surface area contributed by atoms with Crippen LogP contribution in [0.1, 0.15) is 48.0 Å². The van der Waals surface area contributed by atoms with Crippen molar-refractivity contribution in [2.75, 3.05) is 26.2 Å². The maximum absolute atomic E-state index is 12.5. The lowest BCUT2D eigenvalue weighted by Gasteiger charge is -2.31. The van der Waals surface area contributed by atoms with Crippen molar-refractivity contribution in [2.45, 2.75) is 44.3 Å². The van der Waals surface area contributed by atoms with E-state index in [-0.39, 0.29) is 29.3 Å². The van der Waals surface area contributed by atoms with Gasteiger partial charge in [0.15, 0.2) is 0 Å². The molecule has 0 spiro atoms. The number of Topliss-reactive ketones (excluding diaryl/α,β-unsaturated/α-hetero) is 1. The highest BCUT2D eigenvalue weighted by Crippen LogP contribution is 2.36. The Morgan fingerprint density at radius 2 is 2.04 bits per heavy atom. The van der Waals surface area contributed by atoms with Crippen molar-refractivity contribution in [2.24, 2.45) is 11.7 Å². The maximum atomic E-state index is 12.5. The Hall–Kier alpha value is -1.90. The van der Waals surface area contributed by atoms with Crippen LogP contribution in [0.4, 0.5) is 0 Å². The number of hydrogen-bond donors (Lipinski definition) is 3. The molecular formula is C20H29BN2O5. The molecule has 1 fully saturated rings. The Balaban J connectivity index is 1.48. The van der Waals surface area contributed by atoms with E-state index in [1.165, 1.54) is 6.07 Å². The Morgan fingerprint density at radius 3 is 2.71 bits per heavy atom. The van der Waals surface area contributed by atoms with E-state index in [1.54, 1.807) is 12.1 Å². The third kappa shape index (κ3) is 5.13. The number of benzene rings is 1. The number of para-hydroxylation sites is 1. The SMILES string of the molecule is NCCN1CCC(CCC(=O)C[C@H]2Cc3cccc(C(=O)O)c3OB2O)CC1. The second kappa shape index (κ2) is 9.54. The van der Waals surface area contributed by atoms with Crippen LogP contribution in [0.3, 0.4) is 0 Å². The number of carboxylic acids is 1.